The van der Waals surface area contributed by atoms with Crippen molar-refractivity contribution in [1.29, 1.82) is 0 Å². The Morgan fingerprint density at radius 2 is 1.69 bits per heavy atom. The first-order chi connectivity index (χ1) is 16.8. The number of amides is 1. The molecule has 0 bridgehead atoms. The van der Waals surface area contributed by atoms with Gasteiger partial charge in [-0.05, 0) is 46.3 Å². The SMILES string of the molecule is CN(C(=O)n1nnn(-c2c(F)cccc2F)c1=O)c1ccc(Cl)c(C(=O)OCc2ccccc2)c1. The molecule has 35 heavy (non-hydrogen) atoms. The van der Waals surface area contributed by atoms with Gasteiger partial charge in [-0.15, -0.1) is 4.68 Å². The Hall–Kier alpha value is -4.38. The van der Waals surface area contributed by atoms with Gasteiger partial charge in [0.1, 0.15) is 12.3 Å². The van der Waals surface area contributed by atoms with Crippen LogP contribution in [0.25, 0.3) is 5.69 Å². The minimum Gasteiger partial charge on any atom is -0.457 e. The second-order valence-electron chi connectivity index (χ2n) is 7.22. The summed E-state index contributed by atoms with van der Waals surface area (Å²) in [4.78, 5) is 39.1. The predicted octanol–water partition coefficient (Wildman–Crippen LogP) is 3.82. The van der Waals surface area contributed by atoms with Crippen LogP contribution in [0, 0.1) is 11.6 Å². The highest BCUT2D eigenvalue weighted by Crippen LogP contribution is 2.24. The summed E-state index contributed by atoms with van der Waals surface area (Å²) in [5.74, 6) is -2.84. The summed E-state index contributed by atoms with van der Waals surface area (Å²) >= 11 is 6.14. The maximum Gasteiger partial charge on any atom is 0.377 e. The van der Waals surface area contributed by atoms with E-state index in [9.17, 15) is 23.2 Å². The number of ether oxygens (including phenoxy) is 1. The summed E-state index contributed by atoms with van der Waals surface area (Å²) in [5.41, 5.74) is -1.03. The topological polar surface area (TPSA) is 99.3 Å². The van der Waals surface area contributed by atoms with Gasteiger partial charge in [0.05, 0.1) is 10.6 Å². The number of benzene rings is 3. The van der Waals surface area contributed by atoms with E-state index in [1.807, 2.05) is 6.07 Å². The zero-order valence-corrected chi connectivity index (χ0v) is 18.8. The van der Waals surface area contributed by atoms with Crippen LogP contribution in [0.2, 0.25) is 5.02 Å². The van der Waals surface area contributed by atoms with Crippen LogP contribution in [0.4, 0.5) is 19.3 Å². The van der Waals surface area contributed by atoms with Gasteiger partial charge in [-0.25, -0.2) is 23.2 Å². The highest BCUT2D eigenvalue weighted by molar-refractivity contribution is 6.33. The standard InChI is InChI=1S/C23H16ClF2N5O4/c1-29(22(33)31-23(34)30(27-28-31)20-18(25)8-5-9-19(20)26)15-10-11-17(24)16(12-15)21(32)35-13-14-6-3-2-4-7-14/h2-12H,13H2,1H3. The fourth-order valence-corrected chi connectivity index (χ4v) is 3.32. The summed E-state index contributed by atoms with van der Waals surface area (Å²) in [6.07, 6.45) is 0. The van der Waals surface area contributed by atoms with E-state index in [0.29, 0.717) is 9.36 Å². The molecule has 0 radical (unpaired) electrons. The normalized spacial score (nSPS) is 10.7. The van der Waals surface area contributed by atoms with E-state index < -0.39 is 35.0 Å². The van der Waals surface area contributed by atoms with Crippen molar-refractivity contribution >= 4 is 29.3 Å². The van der Waals surface area contributed by atoms with Gasteiger partial charge in [0.25, 0.3) is 0 Å². The van der Waals surface area contributed by atoms with E-state index in [1.165, 1.54) is 25.2 Å². The minimum absolute atomic E-state index is 0.0100. The Labute approximate surface area is 201 Å². The lowest BCUT2D eigenvalue weighted by molar-refractivity contribution is 0.0473. The third-order valence-corrected chi connectivity index (χ3v) is 5.30. The van der Waals surface area contributed by atoms with Gasteiger partial charge in [0.2, 0.25) is 0 Å². The van der Waals surface area contributed by atoms with Gasteiger partial charge in [-0.2, -0.15) is 4.68 Å². The van der Waals surface area contributed by atoms with Gasteiger partial charge in [-0.1, -0.05) is 48.0 Å². The molecule has 12 heteroatoms. The molecule has 1 amide bonds. The van der Waals surface area contributed by atoms with Crippen molar-refractivity contribution in [1.82, 2.24) is 19.8 Å². The van der Waals surface area contributed by atoms with Gasteiger partial charge in [-0.3, -0.25) is 4.90 Å². The fraction of sp³-hybridized carbons (Fsp3) is 0.0870. The monoisotopic (exact) mass is 499 g/mol. The van der Waals surface area contributed by atoms with E-state index in [1.54, 1.807) is 24.3 Å². The number of halogens is 3. The summed E-state index contributed by atoms with van der Waals surface area (Å²) in [6.45, 7) is 0.0140. The third-order valence-electron chi connectivity index (χ3n) is 4.97. The Balaban J connectivity index is 1.58. The fourth-order valence-electron chi connectivity index (χ4n) is 3.13. The van der Waals surface area contributed by atoms with Crippen molar-refractivity contribution in [3.8, 4) is 5.69 Å². The van der Waals surface area contributed by atoms with Gasteiger partial charge in [0.15, 0.2) is 11.6 Å². The molecule has 4 aromatic rings. The average molecular weight is 500 g/mol. The number of aromatic nitrogens is 4. The summed E-state index contributed by atoms with van der Waals surface area (Å²) in [7, 11) is 1.31. The van der Waals surface area contributed by atoms with Crippen LogP contribution in [-0.2, 0) is 11.3 Å². The molecule has 0 unspecified atom stereocenters. The molecule has 178 valence electrons. The lowest BCUT2D eigenvalue weighted by Gasteiger charge is -2.17. The predicted molar refractivity (Wildman–Crippen MR) is 122 cm³/mol. The first-order valence-electron chi connectivity index (χ1n) is 10.1. The number of nitrogens with zero attached hydrogens (tertiary/aromatic N) is 5. The molecule has 4 rings (SSSR count). The maximum absolute atomic E-state index is 14.1. The Morgan fingerprint density at radius 3 is 2.37 bits per heavy atom. The molecule has 1 aromatic heterocycles. The molecular formula is C23H16ClF2N5O4. The first-order valence-corrected chi connectivity index (χ1v) is 10.4. The largest absolute Gasteiger partial charge is 0.457 e. The van der Waals surface area contributed by atoms with Crippen LogP contribution >= 0.6 is 11.6 Å². The molecule has 0 saturated carbocycles. The first kappa shape index (κ1) is 23.8. The molecular weight excluding hydrogens is 484 g/mol. The van der Waals surface area contributed by atoms with Crippen LogP contribution in [0.15, 0.2) is 71.5 Å². The van der Waals surface area contributed by atoms with E-state index in [-0.39, 0.29) is 22.9 Å². The lowest BCUT2D eigenvalue weighted by Crippen LogP contribution is -2.39. The number of hydrogen-bond acceptors (Lipinski definition) is 6. The summed E-state index contributed by atoms with van der Waals surface area (Å²) in [5, 5.41) is 6.93. The van der Waals surface area contributed by atoms with Gasteiger partial charge < -0.3 is 4.74 Å². The number of anilines is 1. The second kappa shape index (κ2) is 9.85. The van der Waals surface area contributed by atoms with Crippen molar-refractivity contribution in [2.45, 2.75) is 6.61 Å². The maximum atomic E-state index is 14.1. The number of carbonyl (C=O) groups is 2. The van der Waals surface area contributed by atoms with Gasteiger partial charge in [0, 0.05) is 12.7 Å². The number of hydrogen-bond donors (Lipinski definition) is 0. The van der Waals surface area contributed by atoms with E-state index >= 15 is 0 Å². The number of tetrazole rings is 1. The molecule has 0 atom stereocenters. The summed E-state index contributed by atoms with van der Waals surface area (Å²) in [6, 6.07) is 15.1. The van der Waals surface area contributed by atoms with Crippen LogP contribution in [0.3, 0.4) is 0 Å². The number of para-hydroxylation sites is 1. The quantitative estimate of drug-likeness (QED) is 0.306. The Kier molecular flexibility index (Phi) is 6.69. The van der Waals surface area contributed by atoms with Crippen LogP contribution in [0.1, 0.15) is 15.9 Å². The Bertz CT molecular complexity index is 1450. The van der Waals surface area contributed by atoms with Crippen LogP contribution in [-0.4, -0.2) is 38.8 Å². The van der Waals surface area contributed by atoms with E-state index in [4.69, 9.17) is 16.3 Å². The zero-order chi connectivity index (χ0) is 25.1. The molecule has 1 heterocycles. The number of carbonyl (C=O) groups excluding carboxylic acids is 2. The van der Waals surface area contributed by atoms with Crippen molar-refractivity contribution < 1.29 is 23.1 Å². The van der Waals surface area contributed by atoms with Crippen LogP contribution in [0.5, 0.6) is 0 Å². The molecule has 0 fully saturated rings. The molecule has 0 aliphatic rings. The smallest absolute Gasteiger partial charge is 0.377 e. The zero-order valence-electron chi connectivity index (χ0n) is 18.1. The molecule has 3 aromatic carbocycles. The minimum atomic E-state index is -1.19. The molecule has 0 aliphatic heterocycles. The van der Waals surface area contributed by atoms with Crippen LogP contribution < -0.4 is 10.6 Å². The molecule has 0 spiro atoms. The van der Waals surface area contributed by atoms with Crippen molar-refractivity contribution in [2.75, 3.05) is 11.9 Å². The Morgan fingerprint density at radius 1 is 1.00 bits per heavy atom. The summed E-state index contributed by atoms with van der Waals surface area (Å²) < 4.78 is 34.1. The highest BCUT2D eigenvalue weighted by atomic mass is 35.5. The lowest BCUT2D eigenvalue weighted by atomic mass is 10.2. The molecule has 0 saturated heterocycles. The van der Waals surface area contributed by atoms with E-state index in [2.05, 4.69) is 10.4 Å². The molecule has 0 N–H and O–H groups in total. The average Bonchev–Trinajstić information content (AvgIpc) is 3.23. The van der Waals surface area contributed by atoms with Crippen molar-refractivity contribution in [2.24, 2.45) is 0 Å². The van der Waals surface area contributed by atoms with E-state index in [0.717, 1.165) is 28.7 Å². The number of esters is 1. The van der Waals surface area contributed by atoms with Crippen molar-refractivity contribution in [3.63, 3.8) is 0 Å². The van der Waals surface area contributed by atoms with Gasteiger partial charge >= 0.3 is 17.7 Å². The second-order valence-corrected chi connectivity index (χ2v) is 7.63. The highest BCUT2D eigenvalue weighted by Gasteiger charge is 2.24. The third kappa shape index (κ3) is 4.80. The molecule has 9 nitrogen and oxygen atoms in total. The van der Waals surface area contributed by atoms with Crippen molar-refractivity contribution in [3.05, 3.63) is 105 Å². The number of rotatable bonds is 5. The molecule has 0 aliphatic carbocycles.